The van der Waals surface area contributed by atoms with Gasteiger partial charge in [-0.25, -0.2) is 14.6 Å². The maximum Gasteiger partial charge on any atom is 0.355 e. The van der Waals surface area contributed by atoms with Gasteiger partial charge in [0.15, 0.2) is 5.69 Å². The van der Waals surface area contributed by atoms with E-state index in [0.29, 0.717) is 30.9 Å². The van der Waals surface area contributed by atoms with E-state index in [4.69, 9.17) is 5.73 Å². The predicted molar refractivity (Wildman–Crippen MR) is 156 cm³/mol. The average Bonchev–Trinajstić information content (AvgIpc) is 3.63. The average molecular weight is 566 g/mol. The van der Waals surface area contributed by atoms with Gasteiger partial charge in [-0.3, -0.25) is 9.69 Å². The highest BCUT2D eigenvalue weighted by molar-refractivity contribution is 7.12. The van der Waals surface area contributed by atoms with Gasteiger partial charge in [0.05, 0.1) is 12.1 Å². The van der Waals surface area contributed by atoms with Gasteiger partial charge < -0.3 is 20.7 Å². The number of aromatic nitrogens is 2. The number of carbonyl (C=O) groups is 3. The molecular formula is C30H39N5O4S. The number of aromatic carboxylic acids is 1. The highest BCUT2D eigenvalue weighted by atomic mass is 32.1. The molecule has 0 bridgehead atoms. The molecular weight excluding hydrogens is 526 g/mol. The molecule has 40 heavy (non-hydrogen) atoms. The Bertz CT molecular complexity index is 1370. The Hall–Kier alpha value is -3.24. The lowest BCUT2D eigenvalue weighted by Crippen LogP contribution is -2.54. The molecule has 4 N–H and O–H groups in total. The first-order chi connectivity index (χ1) is 19.2. The topological polar surface area (TPSA) is 133 Å². The number of urea groups is 1. The summed E-state index contributed by atoms with van der Waals surface area (Å²) in [6, 6.07) is 5.89. The highest BCUT2D eigenvalue weighted by Crippen LogP contribution is 2.46. The van der Waals surface area contributed by atoms with Crippen LogP contribution in [0.15, 0.2) is 30.5 Å². The summed E-state index contributed by atoms with van der Waals surface area (Å²) in [5, 5.41) is 11.4. The van der Waals surface area contributed by atoms with E-state index >= 15 is 0 Å². The minimum absolute atomic E-state index is 0.0347. The standard InChI is InChI=1S/C30H39N5O4S/c1-18(2)15-22(31)28(36)35(30(39)34-13-7-3-4-8-14-34)24(16-20-17-32-23-10-6-5-9-21(20)23)27-33-25(29(37)38)26(40-27)19-11-12-19/h5-6,9-10,17-19,22,24,32H,3-4,7-8,11-16,31H2,1-2H3,(H,37,38)/t22-,24+/m0/s1. The number of hydrogen-bond donors (Lipinski definition) is 3. The van der Waals surface area contributed by atoms with Crippen LogP contribution in [0.2, 0.25) is 0 Å². The fraction of sp³-hybridized carbons (Fsp3) is 0.533. The first-order valence-corrected chi connectivity index (χ1v) is 15.2. The zero-order chi connectivity index (χ0) is 28.4. The number of fused-ring (bicyclic) bond motifs is 1. The van der Waals surface area contributed by atoms with E-state index in [1.54, 1.807) is 4.90 Å². The van der Waals surface area contributed by atoms with Crippen molar-refractivity contribution >= 4 is 40.1 Å². The summed E-state index contributed by atoms with van der Waals surface area (Å²) < 4.78 is 0. The second kappa shape index (κ2) is 12.1. The second-order valence-electron chi connectivity index (χ2n) is 11.6. The van der Waals surface area contributed by atoms with Crippen LogP contribution >= 0.6 is 11.3 Å². The molecule has 1 aliphatic heterocycles. The summed E-state index contributed by atoms with van der Waals surface area (Å²) >= 11 is 1.33. The number of amides is 3. The Morgan fingerprint density at radius 1 is 1.15 bits per heavy atom. The van der Waals surface area contributed by atoms with Gasteiger partial charge in [0.2, 0.25) is 5.91 Å². The van der Waals surface area contributed by atoms with Gasteiger partial charge in [-0.2, -0.15) is 0 Å². The van der Waals surface area contributed by atoms with Crippen molar-refractivity contribution in [2.24, 2.45) is 11.7 Å². The number of nitrogens with zero attached hydrogens (tertiary/aromatic N) is 3. The molecule has 1 saturated carbocycles. The van der Waals surface area contributed by atoms with Gasteiger partial charge in [0, 0.05) is 41.5 Å². The molecule has 3 heterocycles. The molecule has 0 unspecified atom stereocenters. The van der Waals surface area contributed by atoms with E-state index in [0.717, 1.165) is 59.9 Å². The zero-order valence-corrected chi connectivity index (χ0v) is 24.1. The molecule has 10 heteroatoms. The van der Waals surface area contributed by atoms with Crippen LogP contribution in [0.5, 0.6) is 0 Å². The molecule has 9 nitrogen and oxygen atoms in total. The number of benzene rings is 1. The first-order valence-electron chi connectivity index (χ1n) is 14.4. The van der Waals surface area contributed by atoms with Crippen LogP contribution in [-0.2, 0) is 11.2 Å². The molecule has 2 aliphatic rings. The first kappa shape index (κ1) is 28.3. The van der Waals surface area contributed by atoms with E-state index in [1.807, 2.05) is 44.3 Å². The third-order valence-electron chi connectivity index (χ3n) is 7.87. The number of H-pyrrole nitrogens is 1. The minimum atomic E-state index is -1.08. The molecule has 214 valence electrons. The van der Waals surface area contributed by atoms with E-state index in [1.165, 1.54) is 16.2 Å². The van der Waals surface area contributed by atoms with Crippen molar-refractivity contribution in [3.63, 3.8) is 0 Å². The van der Waals surface area contributed by atoms with Crippen molar-refractivity contribution < 1.29 is 19.5 Å². The molecule has 2 fully saturated rings. The number of imide groups is 1. The number of hydrogen-bond acceptors (Lipinski definition) is 6. The van der Waals surface area contributed by atoms with Gasteiger partial charge in [-0.1, -0.05) is 44.9 Å². The number of carboxylic acids is 1. The monoisotopic (exact) mass is 565 g/mol. The molecule has 3 aromatic rings. The van der Waals surface area contributed by atoms with Crippen LogP contribution in [0.25, 0.3) is 10.9 Å². The molecule has 0 spiro atoms. The maximum absolute atomic E-state index is 14.3. The number of carbonyl (C=O) groups excluding carboxylic acids is 2. The van der Waals surface area contributed by atoms with Crippen molar-refractivity contribution in [2.75, 3.05) is 13.1 Å². The van der Waals surface area contributed by atoms with Crippen LogP contribution in [0.3, 0.4) is 0 Å². The third kappa shape index (κ3) is 6.07. The Labute approximate surface area is 238 Å². The van der Waals surface area contributed by atoms with Gasteiger partial charge in [0.25, 0.3) is 0 Å². The van der Waals surface area contributed by atoms with Crippen LogP contribution in [0, 0.1) is 5.92 Å². The van der Waals surface area contributed by atoms with Crippen LogP contribution in [0.4, 0.5) is 4.79 Å². The number of para-hydroxylation sites is 1. The molecule has 3 amide bonds. The summed E-state index contributed by atoms with van der Waals surface area (Å²) in [5.74, 6) is -1.18. The van der Waals surface area contributed by atoms with Crippen molar-refractivity contribution in [3.05, 3.63) is 51.6 Å². The van der Waals surface area contributed by atoms with Crippen molar-refractivity contribution in [1.82, 2.24) is 19.8 Å². The Balaban J connectivity index is 1.62. The second-order valence-corrected chi connectivity index (χ2v) is 12.6. The molecule has 2 aromatic heterocycles. The molecule has 1 aromatic carbocycles. The molecule has 0 radical (unpaired) electrons. The summed E-state index contributed by atoms with van der Waals surface area (Å²) in [4.78, 5) is 52.3. The Kier molecular flexibility index (Phi) is 8.56. The van der Waals surface area contributed by atoms with E-state index in [2.05, 4.69) is 9.97 Å². The number of likely N-dealkylation sites (tertiary alicyclic amines) is 1. The predicted octanol–water partition coefficient (Wildman–Crippen LogP) is 5.68. The van der Waals surface area contributed by atoms with Crippen LogP contribution in [0.1, 0.15) is 96.7 Å². The largest absolute Gasteiger partial charge is 0.476 e. The van der Waals surface area contributed by atoms with E-state index in [-0.39, 0.29) is 23.6 Å². The lowest BCUT2D eigenvalue weighted by atomic mass is 10.0. The fourth-order valence-corrected chi connectivity index (χ4v) is 6.97. The Morgan fingerprint density at radius 2 is 1.85 bits per heavy atom. The van der Waals surface area contributed by atoms with Gasteiger partial charge in [-0.15, -0.1) is 11.3 Å². The normalized spacial score (nSPS) is 17.6. The summed E-state index contributed by atoms with van der Waals surface area (Å²) in [7, 11) is 0. The lowest BCUT2D eigenvalue weighted by Gasteiger charge is -2.35. The highest BCUT2D eigenvalue weighted by Gasteiger charge is 2.41. The number of nitrogens with one attached hydrogen (secondary N) is 1. The van der Waals surface area contributed by atoms with Crippen molar-refractivity contribution in [3.8, 4) is 0 Å². The number of carboxylic acid groups (broad SMARTS) is 1. The van der Waals surface area contributed by atoms with E-state index < -0.39 is 24.0 Å². The van der Waals surface area contributed by atoms with Crippen molar-refractivity contribution in [2.45, 2.75) is 83.2 Å². The SMILES string of the molecule is CC(C)C[C@H](N)C(=O)N(C(=O)N1CCCCCC1)[C@H](Cc1c[nH]c2ccccc12)c1nc(C(=O)O)c(C2CC2)s1. The summed E-state index contributed by atoms with van der Waals surface area (Å²) in [6.45, 7) is 5.15. The molecule has 1 aliphatic carbocycles. The number of aromatic amines is 1. The van der Waals surface area contributed by atoms with E-state index in [9.17, 15) is 19.5 Å². The number of thiazole rings is 1. The zero-order valence-electron chi connectivity index (χ0n) is 23.3. The van der Waals surface area contributed by atoms with Crippen LogP contribution < -0.4 is 5.73 Å². The quantitative estimate of drug-likeness (QED) is 0.306. The third-order valence-corrected chi connectivity index (χ3v) is 9.19. The smallest absolute Gasteiger partial charge is 0.355 e. The van der Waals surface area contributed by atoms with Crippen molar-refractivity contribution in [1.29, 1.82) is 0 Å². The fourth-order valence-electron chi connectivity index (χ4n) is 5.65. The number of rotatable bonds is 9. The summed E-state index contributed by atoms with van der Waals surface area (Å²) in [5.41, 5.74) is 8.38. The number of nitrogens with two attached hydrogens (primary N) is 1. The molecule has 5 rings (SSSR count). The van der Waals surface area contributed by atoms with Gasteiger partial charge >= 0.3 is 12.0 Å². The molecule has 2 atom stereocenters. The molecule has 1 saturated heterocycles. The summed E-state index contributed by atoms with van der Waals surface area (Å²) in [6.07, 6.45) is 8.33. The Morgan fingerprint density at radius 3 is 2.50 bits per heavy atom. The van der Waals surface area contributed by atoms with Gasteiger partial charge in [0.1, 0.15) is 5.01 Å². The van der Waals surface area contributed by atoms with Crippen LogP contribution in [-0.4, -0.2) is 61.9 Å². The lowest BCUT2D eigenvalue weighted by molar-refractivity contribution is -0.132. The minimum Gasteiger partial charge on any atom is -0.476 e. The maximum atomic E-state index is 14.3. The van der Waals surface area contributed by atoms with Gasteiger partial charge in [-0.05, 0) is 55.6 Å².